The zero-order valence-corrected chi connectivity index (χ0v) is 20.2. The summed E-state index contributed by atoms with van der Waals surface area (Å²) in [6.07, 6.45) is 0. The van der Waals surface area contributed by atoms with Crippen LogP contribution < -0.4 is 10.5 Å². The molecule has 0 fully saturated rings. The van der Waals surface area contributed by atoms with Crippen molar-refractivity contribution in [3.8, 4) is 5.75 Å². The van der Waals surface area contributed by atoms with E-state index in [-0.39, 0.29) is 6.61 Å². The molecular formula is C28H23FN4O4. The predicted octanol–water partition coefficient (Wildman–Crippen LogP) is 4.92. The minimum Gasteiger partial charge on any atom is -0.488 e. The number of halogens is 1. The first-order chi connectivity index (χ1) is 18.0. The number of hydrogen-bond acceptors (Lipinski definition) is 6. The van der Waals surface area contributed by atoms with Gasteiger partial charge in [0, 0.05) is 30.9 Å². The number of para-hydroxylation sites is 2. The molecule has 1 aliphatic heterocycles. The Kier molecular flexibility index (Phi) is 5.69. The van der Waals surface area contributed by atoms with Crippen molar-refractivity contribution in [2.24, 2.45) is 0 Å². The van der Waals surface area contributed by atoms with Crippen molar-refractivity contribution < 1.29 is 18.4 Å². The van der Waals surface area contributed by atoms with Crippen molar-refractivity contribution in [2.45, 2.75) is 26.7 Å². The minimum absolute atomic E-state index is 0.251. The van der Waals surface area contributed by atoms with Crippen LogP contribution >= 0.6 is 0 Å². The van der Waals surface area contributed by atoms with Crippen LogP contribution in [0.4, 0.5) is 4.39 Å². The number of allylic oxidation sites excluding steroid dienone is 1. The molecule has 2 aromatic heterocycles. The lowest BCUT2D eigenvalue weighted by molar-refractivity contribution is 0.175. The van der Waals surface area contributed by atoms with E-state index in [9.17, 15) is 9.18 Å². The summed E-state index contributed by atoms with van der Waals surface area (Å²) < 4.78 is 32.5. The van der Waals surface area contributed by atoms with Crippen LogP contribution in [0.2, 0.25) is 0 Å². The number of rotatable bonds is 5. The largest absolute Gasteiger partial charge is 0.488 e. The van der Waals surface area contributed by atoms with Crippen LogP contribution in [0.25, 0.3) is 22.2 Å². The van der Waals surface area contributed by atoms with Crippen LogP contribution in [0.5, 0.6) is 5.75 Å². The molecule has 186 valence electrons. The van der Waals surface area contributed by atoms with E-state index in [0.29, 0.717) is 35.9 Å². The average molecular weight is 499 g/mol. The lowest BCUT2D eigenvalue weighted by Crippen LogP contribution is -2.07. The van der Waals surface area contributed by atoms with Crippen LogP contribution in [-0.4, -0.2) is 26.8 Å². The summed E-state index contributed by atoms with van der Waals surface area (Å²) in [5.41, 5.74) is 6.98. The van der Waals surface area contributed by atoms with Gasteiger partial charge in [0.2, 0.25) is 0 Å². The van der Waals surface area contributed by atoms with Gasteiger partial charge in [-0.1, -0.05) is 29.4 Å². The molecule has 0 atom stereocenters. The summed E-state index contributed by atoms with van der Waals surface area (Å²) in [6.45, 7) is 3.07. The highest BCUT2D eigenvalue weighted by Crippen LogP contribution is 2.41. The van der Waals surface area contributed by atoms with Crippen LogP contribution in [0.15, 0.2) is 70.0 Å². The molecule has 0 bridgehead atoms. The molecule has 1 N–H and O–H groups in total. The number of hydrogen-bond donors (Lipinski definition) is 1. The van der Waals surface area contributed by atoms with E-state index in [4.69, 9.17) is 19.0 Å². The Morgan fingerprint density at radius 3 is 2.78 bits per heavy atom. The molecule has 0 amide bonds. The average Bonchev–Trinajstić information content (AvgIpc) is 3.44. The standard InChI is InChI=1S/C28H23FN4O4/c1-16(27-31-28(34)37-32-27)26-20-9-7-17(11-18(20)14-36-24-12-19(29)8-10-21(24)26)13-33-23-6-4-3-5-22(23)30-25(33)15-35-2/h3-12H,13-15H2,1-2H3,(H,31,32,34)/b26-16+. The normalized spacial score (nSPS) is 14.1. The lowest BCUT2D eigenvalue weighted by Gasteiger charge is -2.15. The maximum atomic E-state index is 14.1. The fourth-order valence-corrected chi connectivity index (χ4v) is 4.87. The van der Waals surface area contributed by atoms with Crippen LogP contribution in [0.1, 0.15) is 40.8 Å². The molecule has 0 aliphatic carbocycles. The van der Waals surface area contributed by atoms with Gasteiger partial charge in [-0.05, 0) is 59.5 Å². The minimum atomic E-state index is -0.644. The topological polar surface area (TPSA) is 95.2 Å². The summed E-state index contributed by atoms with van der Waals surface area (Å²) in [5.74, 6) is 0.524. The lowest BCUT2D eigenvalue weighted by atomic mass is 9.89. The van der Waals surface area contributed by atoms with Gasteiger partial charge >= 0.3 is 5.76 Å². The second-order valence-corrected chi connectivity index (χ2v) is 8.90. The second-order valence-electron chi connectivity index (χ2n) is 8.90. The molecule has 37 heavy (non-hydrogen) atoms. The third-order valence-corrected chi connectivity index (χ3v) is 6.55. The smallest absolute Gasteiger partial charge is 0.439 e. The molecule has 0 spiro atoms. The zero-order valence-electron chi connectivity index (χ0n) is 20.2. The summed E-state index contributed by atoms with van der Waals surface area (Å²) in [6, 6.07) is 18.6. The first-order valence-electron chi connectivity index (χ1n) is 11.8. The Balaban J connectivity index is 1.48. The Bertz CT molecular complexity index is 1730. The van der Waals surface area contributed by atoms with Gasteiger partial charge in [0.05, 0.1) is 11.0 Å². The van der Waals surface area contributed by atoms with E-state index in [1.807, 2.05) is 37.3 Å². The molecule has 5 aromatic rings. The van der Waals surface area contributed by atoms with Crippen molar-refractivity contribution in [2.75, 3.05) is 7.11 Å². The van der Waals surface area contributed by atoms with Gasteiger partial charge in [-0.25, -0.2) is 14.2 Å². The number of H-pyrrole nitrogens is 1. The number of aromatic amines is 1. The number of methoxy groups -OCH3 is 1. The number of aromatic nitrogens is 4. The predicted molar refractivity (Wildman–Crippen MR) is 135 cm³/mol. The van der Waals surface area contributed by atoms with Crippen molar-refractivity contribution >= 4 is 22.2 Å². The number of nitrogens with one attached hydrogen (secondary N) is 1. The molecule has 0 saturated heterocycles. The van der Waals surface area contributed by atoms with Crippen molar-refractivity contribution in [1.29, 1.82) is 0 Å². The van der Waals surface area contributed by atoms with Gasteiger partial charge in [0.15, 0.2) is 5.82 Å². The first kappa shape index (κ1) is 22.9. The van der Waals surface area contributed by atoms with Gasteiger partial charge in [0.25, 0.3) is 0 Å². The molecule has 3 aromatic carbocycles. The third kappa shape index (κ3) is 4.13. The highest BCUT2D eigenvalue weighted by atomic mass is 19.1. The third-order valence-electron chi connectivity index (χ3n) is 6.55. The van der Waals surface area contributed by atoms with Crippen molar-refractivity contribution in [1.82, 2.24) is 19.7 Å². The van der Waals surface area contributed by atoms with E-state index in [1.165, 1.54) is 12.1 Å². The fraction of sp³-hybridized carbons (Fsp3) is 0.179. The molecular weight excluding hydrogens is 475 g/mol. The monoisotopic (exact) mass is 498 g/mol. The maximum Gasteiger partial charge on any atom is 0.439 e. The van der Waals surface area contributed by atoms with E-state index in [0.717, 1.165) is 39.1 Å². The molecule has 1 aliphatic rings. The molecule has 0 radical (unpaired) electrons. The molecule has 6 rings (SSSR count). The number of fused-ring (bicyclic) bond motifs is 3. The Morgan fingerprint density at radius 2 is 1.97 bits per heavy atom. The molecule has 9 heteroatoms. The number of ether oxygens (including phenoxy) is 2. The Labute approximate surface area is 211 Å². The highest BCUT2D eigenvalue weighted by molar-refractivity contribution is 5.99. The molecule has 0 unspecified atom stereocenters. The molecule has 8 nitrogen and oxygen atoms in total. The fourth-order valence-electron chi connectivity index (χ4n) is 4.87. The summed E-state index contributed by atoms with van der Waals surface area (Å²) >= 11 is 0. The van der Waals surface area contributed by atoms with E-state index in [2.05, 4.69) is 26.8 Å². The summed E-state index contributed by atoms with van der Waals surface area (Å²) in [7, 11) is 1.65. The zero-order chi connectivity index (χ0) is 25.5. The Morgan fingerprint density at radius 1 is 1.14 bits per heavy atom. The first-order valence-corrected chi connectivity index (χ1v) is 11.8. The van der Waals surface area contributed by atoms with Crippen LogP contribution in [0.3, 0.4) is 0 Å². The van der Waals surface area contributed by atoms with E-state index >= 15 is 0 Å². The number of benzene rings is 3. The van der Waals surface area contributed by atoms with Crippen LogP contribution in [-0.2, 0) is 24.5 Å². The van der Waals surface area contributed by atoms with Crippen molar-refractivity contribution in [3.05, 3.63) is 111 Å². The highest BCUT2D eigenvalue weighted by Gasteiger charge is 2.24. The van der Waals surface area contributed by atoms with Gasteiger partial charge in [-0.3, -0.25) is 9.51 Å². The molecule has 0 saturated carbocycles. The van der Waals surface area contributed by atoms with E-state index in [1.54, 1.807) is 13.2 Å². The number of imidazole rings is 1. The SMILES string of the molecule is COCc1nc2ccccc2n1Cc1ccc2c(c1)COc1cc(F)ccc1/C2=C(\C)c1noc(=O)[nH]1. The van der Waals surface area contributed by atoms with Gasteiger partial charge in [0.1, 0.15) is 30.6 Å². The number of nitrogens with zero attached hydrogens (tertiary/aromatic N) is 3. The van der Waals surface area contributed by atoms with Gasteiger partial charge in [-0.15, -0.1) is 0 Å². The van der Waals surface area contributed by atoms with Gasteiger partial charge < -0.3 is 14.0 Å². The Hall–Kier alpha value is -4.50. The van der Waals surface area contributed by atoms with Crippen LogP contribution in [0, 0.1) is 5.82 Å². The van der Waals surface area contributed by atoms with E-state index < -0.39 is 11.6 Å². The second kappa shape index (κ2) is 9.18. The summed E-state index contributed by atoms with van der Waals surface area (Å²) in [5, 5.41) is 3.87. The summed E-state index contributed by atoms with van der Waals surface area (Å²) in [4.78, 5) is 19.0. The maximum absolute atomic E-state index is 14.1. The molecule has 3 heterocycles. The van der Waals surface area contributed by atoms with Gasteiger partial charge in [-0.2, -0.15) is 0 Å². The van der Waals surface area contributed by atoms with Crippen molar-refractivity contribution in [3.63, 3.8) is 0 Å². The quantitative estimate of drug-likeness (QED) is 0.370.